The molecule has 4 aliphatic rings. The standard InChI is InChI=1S/C91H126N22O20S/c1-7-9-23-70-83(125)101-61(22-15-31-92)79(121)108-69(78(120)98-44-76(94)118)47-134-48-77(119)100-65(35-51-27-29-55(115)30-28-51)88(130)111-32-17-26-72(111)85(127)106-67(40-75(93)117)89(131)112-33-16-25-71(112)84(126)103-63(38-54-43-95-49-99-54)81(123)104-64(34-50(3)4)90(132)113-45-56(116)39-74(113)86(128)102-62(36-52-41-96-59-20-13-11-18-57(52)59)80(122)107-68(46-114)82(124)105-66(37-53-42-97-60-21-14-12-19-58(53)60)87(129)110(6)73(24-10-8-2)91(133)109(70)5/h11-14,18-21,27-30,41-43,49-50,56,61-74,96-97,114-116H,7-10,15-17,22-26,31-40,44-48,92H2,1-6H3,(H2,93,117)(H2,94,118)(H,95,99)(H,98,120)(H,100,119)(H,101,125)(H,102,128)(H,103,126)(H,104,123)(H,105,124)(H,106,127)(H,107,122)(H,108,121)/t56-,61+,62+,63+,64+,65+,66+,67+,68+,69+,70+,71+,72+,73+,74+/m1/s1. The van der Waals surface area contributed by atoms with Crippen LogP contribution in [0.25, 0.3) is 21.8 Å². The quantitative estimate of drug-likeness (QED) is 0.0286. The summed E-state index contributed by atoms with van der Waals surface area (Å²) >= 11 is 0.799. The van der Waals surface area contributed by atoms with Crippen LogP contribution in [0.2, 0.25) is 0 Å². The number of fused-ring (bicyclic) bond motifs is 5. The molecule has 15 atom stereocenters. The van der Waals surface area contributed by atoms with Gasteiger partial charge in [-0.2, -0.15) is 0 Å². The Morgan fingerprint density at radius 1 is 0.530 bits per heavy atom. The van der Waals surface area contributed by atoms with Crippen molar-refractivity contribution >= 4 is 134 Å². The van der Waals surface area contributed by atoms with Gasteiger partial charge in [-0.3, -0.25) is 81.5 Å². The largest absolute Gasteiger partial charge is 0.508 e. The first-order valence-corrected chi connectivity index (χ1v) is 46.7. The lowest BCUT2D eigenvalue weighted by Gasteiger charge is -2.36. The molecule has 10 rings (SSSR count). The number of primary amides is 2. The third-order valence-corrected chi connectivity index (χ3v) is 25.6. The summed E-state index contributed by atoms with van der Waals surface area (Å²) in [6.07, 6.45) is 4.41. The number of rotatable bonds is 25. The molecule has 4 saturated heterocycles. The van der Waals surface area contributed by atoms with E-state index in [9.17, 15) is 48.9 Å². The summed E-state index contributed by atoms with van der Waals surface area (Å²) < 4.78 is 0. The first-order valence-electron chi connectivity index (χ1n) is 45.5. The number of para-hydroxylation sites is 2. The van der Waals surface area contributed by atoms with Crippen LogP contribution in [0, 0.1) is 5.92 Å². The summed E-state index contributed by atoms with van der Waals surface area (Å²) in [6.45, 7) is 4.81. The lowest BCUT2D eigenvalue weighted by molar-refractivity contribution is -0.149. The molecule has 0 unspecified atom stereocenters. The van der Waals surface area contributed by atoms with Crippen LogP contribution >= 0.6 is 11.8 Å². The first-order chi connectivity index (χ1) is 64.1. The van der Waals surface area contributed by atoms with Crippen LogP contribution < -0.4 is 70.4 Å². The van der Waals surface area contributed by atoms with Gasteiger partial charge in [0.25, 0.3) is 0 Å². The van der Waals surface area contributed by atoms with E-state index in [1.54, 1.807) is 74.8 Å². The normalized spacial score (nSPS) is 25.3. The molecule has 43 heteroatoms. The number of H-pyrrole nitrogens is 3. The van der Waals surface area contributed by atoms with Gasteiger partial charge in [-0.15, -0.1) is 11.8 Å². The number of hydrogen-bond donors (Lipinski definition) is 19. The number of nitrogens with one attached hydrogen (secondary N) is 13. The zero-order valence-corrected chi connectivity index (χ0v) is 77.0. The van der Waals surface area contributed by atoms with Crippen LogP contribution in [0.4, 0.5) is 0 Å². The van der Waals surface area contributed by atoms with Gasteiger partial charge < -0.3 is 125 Å². The SMILES string of the molecule is CCCC[C@H]1C(=O)N(C)[C@@H](CCCC)C(=O)N[C@@H](CCCN)C(=O)N[C@H](C(=O)NCC(N)=O)CSCC(=O)N[C@@H](Cc2ccc(O)cc2)C(=O)N2CCC[C@H]2C(=O)N[C@@H](CC(N)=O)C(=O)N2CCC[C@H]2C(=O)N[C@@H](Cc2cnc[nH]2)C(=O)N[C@@H](CC(C)C)C(=O)N2C[C@H](O)C[C@H]2C(=O)N[C@@H](Cc2c[nH]c3ccccc23)C(=O)N[C@@H](CO)C(=O)N[C@@H](Cc2c[nH]c3ccccc23)C(=O)N1C. The molecule has 22 N–H and O–H groups in total. The number of unbranched alkanes of at least 4 members (excludes halogenated alkanes) is 2. The first kappa shape index (κ1) is 103. The van der Waals surface area contributed by atoms with Crippen molar-refractivity contribution in [2.24, 2.45) is 23.1 Å². The molecule has 0 saturated carbocycles. The molecule has 4 aliphatic heterocycles. The van der Waals surface area contributed by atoms with Crippen LogP contribution in [-0.2, 0) is 107 Å². The average Bonchev–Trinajstić information content (AvgIpc) is 1.68. The molecule has 7 heterocycles. The second-order valence-electron chi connectivity index (χ2n) is 35.0. The topological polar surface area (TPSA) is 626 Å². The smallest absolute Gasteiger partial charge is 0.246 e. The molecule has 4 fully saturated rings. The molecule has 42 nitrogen and oxygen atoms in total. The van der Waals surface area contributed by atoms with Crippen molar-refractivity contribution in [2.45, 2.75) is 240 Å². The molecular formula is C91H126N22O20S. The zero-order chi connectivity index (χ0) is 97.1. The van der Waals surface area contributed by atoms with E-state index < -0.39 is 229 Å². The Morgan fingerprint density at radius 3 is 1.60 bits per heavy atom. The van der Waals surface area contributed by atoms with Crippen molar-refractivity contribution in [1.82, 2.24) is 97.6 Å². The number of aromatic amines is 3. The maximum atomic E-state index is 15.7. The Balaban J connectivity index is 1.01. The number of carbonyl (C=O) groups is 17. The van der Waals surface area contributed by atoms with Crippen LogP contribution in [0.5, 0.6) is 5.75 Å². The second-order valence-corrected chi connectivity index (χ2v) is 36.0. The molecule has 726 valence electrons. The monoisotopic (exact) mass is 1880 g/mol. The van der Waals surface area contributed by atoms with Gasteiger partial charge in [0.15, 0.2) is 0 Å². The van der Waals surface area contributed by atoms with Gasteiger partial charge in [-0.1, -0.05) is 102 Å². The number of amides is 17. The maximum Gasteiger partial charge on any atom is 0.246 e. The minimum absolute atomic E-state index is 0.00191. The third kappa shape index (κ3) is 27.6. The highest BCUT2D eigenvalue weighted by Gasteiger charge is 2.48. The highest BCUT2D eigenvalue weighted by atomic mass is 32.2. The molecule has 3 aromatic carbocycles. The summed E-state index contributed by atoms with van der Waals surface area (Å²) in [5.74, 6) is -16.9. The number of likely N-dealkylation sites (N-methyl/N-ethyl adjacent to an activating group) is 2. The van der Waals surface area contributed by atoms with E-state index in [1.165, 1.54) is 60.7 Å². The Hall–Kier alpha value is -13.0. The van der Waals surface area contributed by atoms with Gasteiger partial charge in [-0.25, -0.2) is 4.98 Å². The number of phenols is 1. The van der Waals surface area contributed by atoms with E-state index in [2.05, 4.69) is 73.1 Å². The van der Waals surface area contributed by atoms with Crippen molar-refractivity contribution in [3.8, 4) is 5.75 Å². The number of hydrogen-bond acceptors (Lipinski definition) is 23. The second kappa shape index (κ2) is 49.1. The van der Waals surface area contributed by atoms with Crippen molar-refractivity contribution < 1.29 is 96.8 Å². The van der Waals surface area contributed by atoms with Crippen LogP contribution in [-0.4, -0.2) is 316 Å². The molecule has 0 spiro atoms. The molecule has 0 aliphatic carbocycles. The van der Waals surface area contributed by atoms with Crippen molar-refractivity contribution in [2.75, 3.05) is 64.9 Å². The van der Waals surface area contributed by atoms with Crippen molar-refractivity contribution in [3.05, 3.63) is 120 Å². The summed E-state index contributed by atoms with van der Waals surface area (Å²) in [6, 6.07) is -1.52. The number of benzene rings is 3. The van der Waals surface area contributed by atoms with Gasteiger partial charge in [0, 0.05) is 118 Å². The van der Waals surface area contributed by atoms with Crippen LogP contribution in [0.3, 0.4) is 0 Å². The Morgan fingerprint density at radius 2 is 1.04 bits per heavy atom. The fourth-order valence-electron chi connectivity index (χ4n) is 17.4. The molecule has 17 amide bonds. The number of aromatic hydroxyl groups is 1. The van der Waals surface area contributed by atoms with Crippen LogP contribution in [0.1, 0.15) is 146 Å². The summed E-state index contributed by atoms with van der Waals surface area (Å²) in [5, 5.41) is 61.0. The number of phenolic OH excluding ortho intramolecular Hbond substituents is 1. The number of aromatic nitrogens is 4. The Kier molecular flexibility index (Phi) is 37.8. The van der Waals surface area contributed by atoms with E-state index >= 15 is 47.9 Å². The maximum absolute atomic E-state index is 15.7. The van der Waals surface area contributed by atoms with Crippen molar-refractivity contribution in [3.63, 3.8) is 0 Å². The number of aliphatic hydroxyl groups is 2. The van der Waals surface area contributed by atoms with Gasteiger partial charge >= 0.3 is 0 Å². The third-order valence-electron chi connectivity index (χ3n) is 24.6. The van der Waals surface area contributed by atoms with Gasteiger partial charge in [0.1, 0.15) is 90.3 Å². The Labute approximate surface area is 778 Å². The number of carbonyl (C=O) groups excluding carboxylic acids is 17. The molecule has 0 bridgehead atoms. The average molecular weight is 1880 g/mol. The number of thioether (sulfide) groups is 1. The van der Waals surface area contributed by atoms with E-state index in [-0.39, 0.29) is 121 Å². The fraction of sp³-hybridized carbons (Fsp3) is 0.538. The summed E-state index contributed by atoms with van der Waals surface area (Å²) in [5.41, 5.74) is 20.3. The highest BCUT2D eigenvalue weighted by Crippen LogP contribution is 2.29. The predicted octanol–water partition coefficient (Wildman–Crippen LogP) is -2.31. The number of imidazole rings is 1. The summed E-state index contributed by atoms with van der Waals surface area (Å²) in [4.78, 5) is 270. The molecule has 6 aromatic rings. The lowest BCUT2D eigenvalue weighted by Crippen LogP contribution is -2.62. The van der Waals surface area contributed by atoms with Gasteiger partial charge in [-0.05, 0) is 111 Å². The molecule has 3 aromatic heterocycles. The zero-order valence-electron chi connectivity index (χ0n) is 76.2. The van der Waals surface area contributed by atoms with Crippen LogP contribution in [0.15, 0.2) is 97.7 Å². The Bertz CT molecular complexity index is 5170. The van der Waals surface area contributed by atoms with Crippen molar-refractivity contribution in [1.29, 1.82) is 0 Å². The summed E-state index contributed by atoms with van der Waals surface area (Å²) in [7, 11) is 2.72. The number of nitrogens with zero attached hydrogens (tertiary/aromatic N) is 6. The van der Waals surface area contributed by atoms with Gasteiger partial charge in [0.2, 0.25) is 100 Å². The lowest BCUT2D eigenvalue weighted by atomic mass is 10.00. The molecule has 134 heavy (non-hydrogen) atoms. The van der Waals surface area contributed by atoms with E-state index in [1.807, 2.05) is 13.8 Å². The molecule has 0 radical (unpaired) electrons. The number of aliphatic hydroxyl groups excluding tert-OH is 2. The fourth-order valence-corrected chi connectivity index (χ4v) is 18.3. The van der Waals surface area contributed by atoms with E-state index in [0.29, 0.717) is 69.9 Å². The minimum atomic E-state index is -1.88. The predicted molar refractivity (Wildman–Crippen MR) is 491 cm³/mol. The minimum Gasteiger partial charge on any atom is -0.508 e. The number of nitrogens with two attached hydrogens (primary N) is 3. The van der Waals surface area contributed by atoms with E-state index in [4.69, 9.17) is 17.2 Å². The molecular weight excluding hydrogens is 1750 g/mol. The van der Waals surface area contributed by atoms with E-state index in [0.717, 1.165) is 26.5 Å². The van der Waals surface area contributed by atoms with Gasteiger partial charge in [0.05, 0.1) is 37.8 Å². The highest BCUT2D eigenvalue weighted by molar-refractivity contribution is 8.00.